The highest BCUT2D eigenvalue weighted by molar-refractivity contribution is 7.17. The van der Waals surface area contributed by atoms with Gasteiger partial charge in [-0.2, -0.15) is 0 Å². The van der Waals surface area contributed by atoms with Gasteiger partial charge in [-0.1, -0.05) is 30.4 Å². The first-order valence-electron chi connectivity index (χ1n) is 15.9. The van der Waals surface area contributed by atoms with Crippen LogP contribution < -0.4 is 20.4 Å². The molecule has 0 radical (unpaired) electrons. The van der Waals surface area contributed by atoms with Gasteiger partial charge in [0.25, 0.3) is 17.7 Å². The molecule has 230 valence electrons. The van der Waals surface area contributed by atoms with Gasteiger partial charge >= 0.3 is 0 Å². The van der Waals surface area contributed by atoms with Crippen molar-refractivity contribution in [3.05, 3.63) is 101 Å². The molecule has 3 aromatic rings. The van der Waals surface area contributed by atoms with E-state index in [4.69, 9.17) is 0 Å². The Hall–Kier alpha value is -4.50. The zero-order chi connectivity index (χ0) is 30.9. The smallest absolute Gasteiger partial charge is 0.261 e. The quantitative estimate of drug-likeness (QED) is 0.243. The Kier molecular flexibility index (Phi) is 8.10. The summed E-state index contributed by atoms with van der Waals surface area (Å²) in [6.45, 7) is 4.26. The molecule has 2 aliphatic heterocycles. The van der Waals surface area contributed by atoms with E-state index in [0.717, 1.165) is 76.6 Å². The van der Waals surface area contributed by atoms with Crippen LogP contribution >= 0.6 is 11.3 Å². The van der Waals surface area contributed by atoms with Gasteiger partial charge in [0.1, 0.15) is 5.82 Å². The van der Waals surface area contributed by atoms with Gasteiger partial charge in [0.05, 0.1) is 16.1 Å². The van der Waals surface area contributed by atoms with Gasteiger partial charge in [-0.15, -0.1) is 11.3 Å². The third-order valence-corrected chi connectivity index (χ3v) is 10.2. The number of benzene rings is 1. The second-order valence-corrected chi connectivity index (χ2v) is 13.3. The Morgan fingerprint density at radius 3 is 2.69 bits per heavy atom. The molecule has 2 unspecified atom stereocenters. The maximum atomic E-state index is 13.6. The van der Waals surface area contributed by atoms with E-state index in [1.165, 1.54) is 23.8 Å². The average molecular weight is 620 g/mol. The number of hydrogen-bond acceptors (Lipinski definition) is 6. The van der Waals surface area contributed by atoms with Crippen molar-refractivity contribution < 1.29 is 14.4 Å². The van der Waals surface area contributed by atoms with Crippen molar-refractivity contribution in [3.63, 3.8) is 0 Å². The Balaban J connectivity index is 1.06. The van der Waals surface area contributed by atoms with Gasteiger partial charge in [0, 0.05) is 54.1 Å². The van der Waals surface area contributed by atoms with Gasteiger partial charge in [-0.25, -0.2) is 4.98 Å². The lowest BCUT2D eigenvalue weighted by Gasteiger charge is -2.28. The van der Waals surface area contributed by atoms with Crippen LogP contribution in [0.3, 0.4) is 0 Å². The molecule has 1 aromatic carbocycles. The van der Waals surface area contributed by atoms with E-state index in [0.29, 0.717) is 30.3 Å². The van der Waals surface area contributed by atoms with Crippen LogP contribution in [0.25, 0.3) is 10.4 Å². The predicted molar refractivity (Wildman–Crippen MR) is 178 cm³/mol. The second kappa shape index (κ2) is 12.5. The summed E-state index contributed by atoms with van der Waals surface area (Å²) in [6.07, 6.45) is 15.6. The molecule has 2 saturated carbocycles. The SMILES string of the molecule is C\C=C/C(=C\C=C\C(=O)N1CCc2cc(C(=O)NC3CC3)sc2-c2ccccc21)NC(=O)c1cccnc1N1CCC2CC2C1. The highest BCUT2D eigenvalue weighted by atomic mass is 32.1. The molecule has 2 aliphatic carbocycles. The van der Waals surface area contributed by atoms with E-state index in [1.807, 2.05) is 55.5 Å². The van der Waals surface area contributed by atoms with Crippen molar-refractivity contribution in [3.8, 4) is 10.4 Å². The number of nitrogens with one attached hydrogen (secondary N) is 2. The third-order valence-electron chi connectivity index (χ3n) is 9.00. The van der Waals surface area contributed by atoms with Crippen molar-refractivity contribution in [1.82, 2.24) is 15.6 Å². The topological polar surface area (TPSA) is 94.6 Å². The number of pyridine rings is 1. The zero-order valence-electron chi connectivity index (χ0n) is 25.4. The number of piperidine rings is 1. The van der Waals surface area contributed by atoms with Crippen LogP contribution in [0.4, 0.5) is 11.5 Å². The molecule has 2 N–H and O–H groups in total. The first kappa shape index (κ1) is 29.2. The normalized spacial score (nSPS) is 20.8. The van der Waals surface area contributed by atoms with Crippen molar-refractivity contribution in [2.75, 3.05) is 29.4 Å². The standard InChI is InChI=1S/C36H37N5O3S/c1-2-7-26(38-35(43)29-10-6-17-37-34(29)40-18-15-23-20-25(23)22-40)8-5-12-32(42)41-19-16-24-21-31(36(44)39-27-13-14-27)45-33(24)28-9-3-4-11-30(28)41/h2-12,17,21,23,25,27H,13-16,18-20,22H2,1H3,(H,38,43)(H,39,44)/b7-2-,12-5+,26-8+. The number of hydrogen-bond donors (Lipinski definition) is 2. The number of aromatic nitrogens is 1. The van der Waals surface area contributed by atoms with Crippen molar-refractivity contribution in [2.24, 2.45) is 11.8 Å². The van der Waals surface area contributed by atoms with Gasteiger partial charge < -0.3 is 20.4 Å². The van der Waals surface area contributed by atoms with Crippen LogP contribution in [-0.4, -0.2) is 48.4 Å². The van der Waals surface area contributed by atoms with Gasteiger partial charge in [-0.3, -0.25) is 14.4 Å². The molecule has 8 nitrogen and oxygen atoms in total. The Bertz CT molecular complexity index is 1740. The highest BCUT2D eigenvalue weighted by Crippen LogP contribution is 2.46. The molecule has 0 spiro atoms. The Morgan fingerprint density at radius 2 is 1.87 bits per heavy atom. The highest BCUT2D eigenvalue weighted by Gasteiger charge is 2.42. The molecule has 0 bridgehead atoms. The van der Waals surface area contributed by atoms with Crippen molar-refractivity contribution in [2.45, 2.75) is 45.1 Å². The van der Waals surface area contributed by atoms with Gasteiger partial charge in [0.2, 0.25) is 0 Å². The van der Waals surface area contributed by atoms with Crippen molar-refractivity contribution >= 4 is 40.6 Å². The number of amides is 3. The number of anilines is 2. The molecular weight excluding hydrogens is 582 g/mol. The number of allylic oxidation sites excluding steroid dienone is 4. The summed E-state index contributed by atoms with van der Waals surface area (Å²) in [6, 6.07) is 13.8. The fraction of sp³-hybridized carbons (Fsp3) is 0.333. The third kappa shape index (κ3) is 6.35. The first-order valence-corrected chi connectivity index (χ1v) is 16.7. The van der Waals surface area contributed by atoms with E-state index < -0.39 is 0 Å². The minimum atomic E-state index is -0.224. The van der Waals surface area contributed by atoms with Gasteiger partial charge in [0.15, 0.2) is 0 Å². The molecule has 1 saturated heterocycles. The average Bonchev–Trinajstić information content (AvgIpc) is 3.98. The van der Waals surface area contributed by atoms with E-state index in [-0.39, 0.29) is 17.7 Å². The summed E-state index contributed by atoms with van der Waals surface area (Å²) in [4.78, 5) is 50.1. The summed E-state index contributed by atoms with van der Waals surface area (Å²) < 4.78 is 0. The fourth-order valence-electron chi connectivity index (χ4n) is 6.36. The lowest BCUT2D eigenvalue weighted by Crippen LogP contribution is -2.34. The van der Waals surface area contributed by atoms with E-state index >= 15 is 0 Å². The second-order valence-electron chi connectivity index (χ2n) is 12.3. The monoisotopic (exact) mass is 619 g/mol. The largest absolute Gasteiger partial charge is 0.356 e. The molecular formula is C36H37N5O3S. The van der Waals surface area contributed by atoms with Crippen LogP contribution in [0.2, 0.25) is 0 Å². The molecule has 3 fully saturated rings. The van der Waals surface area contributed by atoms with E-state index in [9.17, 15) is 14.4 Å². The molecule has 3 amide bonds. The van der Waals surface area contributed by atoms with E-state index in [1.54, 1.807) is 29.3 Å². The summed E-state index contributed by atoms with van der Waals surface area (Å²) in [5.41, 5.74) is 4.00. The lowest BCUT2D eigenvalue weighted by molar-refractivity contribution is -0.114. The summed E-state index contributed by atoms with van der Waals surface area (Å²) in [5, 5.41) is 6.10. The minimum Gasteiger partial charge on any atom is -0.356 e. The van der Waals surface area contributed by atoms with Crippen LogP contribution in [0, 0.1) is 11.8 Å². The van der Waals surface area contributed by atoms with Crippen LogP contribution in [0.1, 0.15) is 58.2 Å². The van der Waals surface area contributed by atoms with Crippen LogP contribution in [0.15, 0.2) is 84.7 Å². The maximum absolute atomic E-state index is 13.6. The summed E-state index contributed by atoms with van der Waals surface area (Å²) in [5.74, 6) is 1.91. The summed E-state index contributed by atoms with van der Waals surface area (Å²) >= 11 is 1.49. The van der Waals surface area contributed by atoms with Crippen molar-refractivity contribution in [1.29, 1.82) is 0 Å². The molecule has 2 aromatic heterocycles. The maximum Gasteiger partial charge on any atom is 0.261 e. The number of fused-ring (bicyclic) bond motifs is 4. The number of carbonyl (C=O) groups excluding carboxylic acids is 3. The van der Waals surface area contributed by atoms with E-state index in [2.05, 4.69) is 20.5 Å². The number of carbonyl (C=O) groups is 3. The molecule has 9 heteroatoms. The molecule has 4 aliphatic rings. The number of rotatable bonds is 8. The molecule has 4 heterocycles. The fourth-order valence-corrected chi connectivity index (χ4v) is 7.51. The van der Waals surface area contributed by atoms with Crippen LogP contribution in [0.5, 0.6) is 0 Å². The minimum absolute atomic E-state index is 0.0117. The zero-order valence-corrected chi connectivity index (χ0v) is 26.2. The molecule has 45 heavy (non-hydrogen) atoms. The number of para-hydroxylation sites is 1. The molecule has 2 atom stereocenters. The molecule has 7 rings (SSSR count). The van der Waals surface area contributed by atoms with Gasteiger partial charge in [-0.05, 0) is 92.8 Å². The number of thiophene rings is 1. The lowest BCUT2D eigenvalue weighted by atomic mass is 10.1. The Morgan fingerprint density at radius 1 is 1.00 bits per heavy atom. The summed E-state index contributed by atoms with van der Waals surface area (Å²) in [7, 11) is 0. The van der Waals surface area contributed by atoms with Crippen LogP contribution in [-0.2, 0) is 11.2 Å². The number of nitrogens with zero attached hydrogens (tertiary/aromatic N) is 3. The first-order chi connectivity index (χ1) is 22.0. The predicted octanol–water partition coefficient (Wildman–Crippen LogP) is 5.88. The Labute approximate surface area is 267 Å².